The minimum Gasteiger partial charge on any atom is -0.487 e. The van der Waals surface area contributed by atoms with Crippen LogP contribution in [0.3, 0.4) is 0 Å². The summed E-state index contributed by atoms with van der Waals surface area (Å²) < 4.78 is 13.2. The quantitative estimate of drug-likeness (QED) is 0.570. The SMILES string of the molecule is CC1(C)Cc2cc(NC(=O)c3cnn4cc(C5CN(C(=O)O)C5)cnc34)c(N3CCOCC3)cc2O1. The van der Waals surface area contributed by atoms with Crippen LogP contribution in [0, 0.1) is 0 Å². The number of fused-ring (bicyclic) bond motifs is 2. The molecule has 0 bridgehead atoms. The molecule has 3 aliphatic rings. The number of benzene rings is 1. The first-order valence-corrected chi connectivity index (χ1v) is 12.1. The fourth-order valence-corrected chi connectivity index (χ4v) is 5.10. The van der Waals surface area contributed by atoms with E-state index in [9.17, 15) is 9.59 Å². The lowest BCUT2D eigenvalue weighted by molar-refractivity contribution is 0.102. The molecule has 1 aromatic carbocycles. The van der Waals surface area contributed by atoms with Crippen molar-refractivity contribution >= 4 is 29.0 Å². The maximum atomic E-state index is 13.4. The molecule has 36 heavy (non-hydrogen) atoms. The van der Waals surface area contributed by atoms with E-state index in [4.69, 9.17) is 14.6 Å². The van der Waals surface area contributed by atoms with Crippen molar-refractivity contribution in [3.05, 3.63) is 47.4 Å². The summed E-state index contributed by atoms with van der Waals surface area (Å²) in [5.41, 5.74) is 4.11. The predicted molar refractivity (Wildman–Crippen MR) is 131 cm³/mol. The Hall–Kier alpha value is -3.86. The smallest absolute Gasteiger partial charge is 0.407 e. The summed E-state index contributed by atoms with van der Waals surface area (Å²) in [6.45, 7) is 7.69. The average molecular weight is 493 g/mol. The summed E-state index contributed by atoms with van der Waals surface area (Å²) in [5, 5.41) is 16.5. The number of hydrogen-bond donors (Lipinski definition) is 2. The van der Waals surface area contributed by atoms with Crippen LogP contribution >= 0.6 is 0 Å². The number of nitrogens with zero attached hydrogens (tertiary/aromatic N) is 5. The third kappa shape index (κ3) is 3.98. The van der Waals surface area contributed by atoms with Gasteiger partial charge in [0.25, 0.3) is 5.91 Å². The van der Waals surface area contributed by atoms with Crippen molar-refractivity contribution in [2.75, 3.05) is 49.6 Å². The largest absolute Gasteiger partial charge is 0.487 e. The molecule has 3 aromatic rings. The van der Waals surface area contributed by atoms with Crippen molar-refractivity contribution in [1.29, 1.82) is 0 Å². The Morgan fingerprint density at radius 1 is 1.17 bits per heavy atom. The van der Waals surface area contributed by atoms with Crippen molar-refractivity contribution in [2.45, 2.75) is 31.8 Å². The molecule has 188 valence electrons. The zero-order valence-corrected chi connectivity index (χ0v) is 20.2. The molecule has 11 nitrogen and oxygen atoms in total. The number of carbonyl (C=O) groups excluding carboxylic acids is 1. The Morgan fingerprint density at radius 3 is 2.69 bits per heavy atom. The van der Waals surface area contributed by atoms with Crippen LogP contribution in [0.15, 0.2) is 30.7 Å². The van der Waals surface area contributed by atoms with E-state index in [1.54, 1.807) is 10.7 Å². The second-order valence-corrected chi connectivity index (χ2v) is 10.2. The number of anilines is 2. The molecule has 5 heterocycles. The Balaban J connectivity index is 1.27. The van der Waals surface area contributed by atoms with Gasteiger partial charge in [0.1, 0.15) is 16.9 Å². The molecule has 2 aromatic heterocycles. The molecular formula is C25H28N6O5. The highest BCUT2D eigenvalue weighted by Crippen LogP contribution is 2.42. The molecule has 2 amide bonds. The monoisotopic (exact) mass is 492 g/mol. The van der Waals surface area contributed by atoms with Crippen molar-refractivity contribution in [2.24, 2.45) is 0 Å². The first-order chi connectivity index (χ1) is 17.3. The number of carboxylic acid groups (broad SMARTS) is 1. The average Bonchev–Trinajstić information content (AvgIpc) is 3.36. The van der Waals surface area contributed by atoms with Crippen LogP contribution in [0.25, 0.3) is 5.65 Å². The second-order valence-electron chi connectivity index (χ2n) is 10.2. The van der Waals surface area contributed by atoms with Gasteiger partial charge in [0, 0.05) is 62.5 Å². The van der Waals surface area contributed by atoms with Gasteiger partial charge in [0.2, 0.25) is 0 Å². The van der Waals surface area contributed by atoms with Crippen LogP contribution in [0.1, 0.15) is 41.3 Å². The highest BCUT2D eigenvalue weighted by atomic mass is 16.5. The molecule has 0 radical (unpaired) electrons. The topological polar surface area (TPSA) is 122 Å². The van der Waals surface area contributed by atoms with E-state index in [-0.39, 0.29) is 17.4 Å². The molecule has 0 spiro atoms. The Kier molecular flexibility index (Phi) is 5.25. The number of nitrogens with one attached hydrogen (secondary N) is 1. The minimum absolute atomic E-state index is 0.0773. The molecule has 6 rings (SSSR count). The lowest BCUT2D eigenvalue weighted by Gasteiger charge is -2.36. The van der Waals surface area contributed by atoms with Gasteiger partial charge in [-0.2, -0.15) is 5.10 Å². The standard InChI is InChI=1S/C25H28N6O5/c1-25(2)9-15-7-19(20(8-21(15)36-25)29-3-5-35-6-4-29)28-23(32)18-11-27-31-14-16(10-26-22(18)31)17-12-30(13-17)24(33)34/h7-8,10-11,14,17H,3-6,9,12-13H2,1-2H3,(H,28,32)(H,33,34). The Morgan fingerprint density at radius 2 is 1.94 bits per heavy atom. The summed E-state index contributed by atoms with van der Waals surface area (Å²) in [6.07, 6.45) is 4.87. The maximum absolute atomic E-state index is 13.4. The molecule has 0 unspecified atom stereocenters. The zero-order chi connectivity index (χ0) is 25.0. The van der Waals surface area contributed by atoms with Gasteiger partial charge < -0.3 is 29.7 Å². The first kappa shape index (κ1) is 22.6. The summed E-state index contributed by atoms with van der Waals surface area (Å²) in [4.78, 5) is 32.5. The molecule has 11 heteroatoms. The summed E-state index contributed by atoms with van der Waals surface area (Å²) in [6, 6.07) is 4.03. The molecule has 0 saturated carbocycles. The third-order valence-electron chi connectivity index (χ3n) is 7.03. The van der Waals surface area contributed by atoms with Crippen molar-refractivity contribution in [3.8, 4) is 5.75 Å². The van der Waals surface area contributed by atoms with Gasteiger partial charge >= 0.3 is 6.09 Å². The molecule has 0 atom stereocenters. The third-order valence-corrected chi connectivity index (χ3v) is 7.03. The van der Waals surface area contributed by atoms with E-state index in [0.29, 0.717) is 37.5 Å². The van der Waals surface area contributed by atoms with Crippen LogP contribution in [-0.2, 0) is 11.2 Å². The fourth-order valence-electron chi connectivity index (χ4n) is 5.10. The van der Waals surface area contributed by atoms with Crippen LogP contribution in [0.5, 0.6) is 5.75 Å². The highest BCUT2D eigenvalue weighted by molar-refractivity contribution is 6.09. The van der Waals surface area contributed by atoms with E-state index in [2.05, 4.69) is 34.1 Å². The van der Waals surface area contributed by atoms with E-state index >= 15 is 0 Å². The lowest BCUT2D eigenvalue weighted by atomic mass is 9.94. The number of carbonyl (C=O) groups is 2. The number of likely N-dealkylation sites (tertiary alicyclic amines) is 1. The van der Waals surface area contributed by atoms with Crippen LogP contribution in [0.2, 0.25) is 0 Å². The van der Waals surface area contributed by atoms with Gasteiger partial charge in [-0.15, -0.1) is 0 Å². The molecule has 2 saturated heterocycles. The second kappa shape index (κ2) is 8.37. The van der Waals surface area contributed by atoms with Crippen molar-refractivity contribution in [3.63, 3.8) is 0 Å². The van der Waals surface area contributed by atoms with Gasteiger partial charge in [-0.1, -0.05) is 0 Å². The van der Waals surface area contributed by atoms with Crippen molar-refractivity contribution < 1.29 is 24.2 Å². The minimum atomic E-state index is -0.920. The van der Waals surface area contributed by atoms with E-state index < -0.39 is 6.09 Å². The van der Waals surface area contributed by atoms with Gasteiger partial charge in [-0.05, 0) is 25.5 Å². The normalized spacial score (nSPS) is 19.1. The maximum Gasteiger partial charge on any atom is 0.407 e. The van der Waals surface area contributed by atoms with E-state index in [0.717, 1.165) is 47.8 Å². The Bertz CT molecular complexity index is 1360. The van der Waals surface area contributed by atoms with Crippen LogP contribution in [-0.4, -0.2) is 81.6 Å². The number of aromatic nitrogens is 3. The van der Waals surface area contributed by atoms with Gasteiger partial charge in [0.15, 0.2) is 5.65 Å². The molecule has 3 aliphatic heterocycles. The van der Waals surface area contributed by atoms with Crippen LogP contribution < -0.4 is 15.0 Å². The summed E-state index contributed by atoms with van der Waals surface area (Å²) in [7, 11) is 0. The predicted octanol–water partition coefficient (Wildman–Crippen LogP) is 2.61. The number of amides is 2. The molecule has 2 fully saturated rings. The zero-order valence-electron chi connectivity index (χ0n) is 20.2. The Labute approximate surface area is 207 Å². The molecular weight excluding hydrogens is 464 g/mol. The lowest BCUT2D eigenvalue weighted by Crippen LogP contribution is -2.47. The van der Waals surface area contributed by atoms with E-state index in [1.807, 2.05) is 18.3 Å². The number of morpholine rings is 1. The van der Waals surface area contributed by atoms with Gasteiger partial charge in [-0.25, -0.2) is 14.3 Å². The summed E-state index contributed by atoms with van der Waals surface area (Å²) >= 11 is 0. The number of hydrogen-bond acceptors (Lipinski definition) is 7. The first-order valence-electron chi connectivity index (χ1n) is 12.1. The van der Waals surface area contributed by atoms with Crippen molar-refractivity contribution in [1.82, 2.24) is 19.5 Å². The molecule has 0 aliphatic carbocycles. The number of ether oxygens (including phenoxy) is 2. The van der Waals surface area contributed by atoms with Gasteiger partial charge in [0.05, 0.1) is 30.8 Å². The highest BCUT2D eigenvalue weighted by Gasteiger charge is 2.33. The summed E-state index contributed by atoms with van der Waals surface area (Å²) in [5.74, 6) is 0.633. The van der Waals surface area contributed by atoms with Gasteiger partial charge in [-0.3, -0.25) is 4.79 Å². The molecule has 2 N–H and O–H groups in total. The number of rotatable bonds is 4. The van der Waals surface area contributed by atoms with E-state index in [1.165, 1.54) is 11.1 Å². The fraction of sp³-hybridized carbons (Fsp3) is 0.440. The van der Waals surface area contributed by atoms with Crippen LogP contribution in [0.4, 0.5) is 16.2 Å².